The smallest absolute Gasteiger partial charge is 0.220 e. The van der Waals surface area contributed by atoms with Crippen molar-refractivity contribution in [3.8, 4) is 0 Å². The molecule has 2 saturated heterocycles. The fourth-order valence-corrected chi connectivity index (χ4v) is 12.2. The second kappa shape index (κ2) is 55.8. The maximum atomic E-state index is 13.3. The zero-order chi connectivity index (χ0) is 60.9. The van der Waals surface area contributed by atoms with Crippen LogP contribution in [0, 0.1) is 0 Å². The van der Waals surface area contributed by atoms with Crippen LogP contribution in [0.25, 0.3) is 0 Å². The van der Waals surface area contributed by atoms with Gasteiger partial charge < -0.3 is 65.1 Å². The lowest BCUT2D eigenvalue weighted by molar-refractivity contribution is -0.359. The third kappa shape index (κ3) is 39.7. The average molecular weight is 1200 g/mol. The zero-order valence-electron chi connectivity index (χ0n) is 54.2. The van der Waals surface area contributed by atoms with Crippen molar-refractivity contribution in [2.24, 2.45) is 0 Å². The van der Waals surface area contributed by atoms with E-state index in [0.717, 1.165) is 44.9 Å². The van der Waals surface area contributed by atoms with Gasteiger partial charge >= 0.3 is 0 Å². The van der Waals surface area contributed by atoms with E-state index >= 15 is 0 Å². The highest BCUT2D eigenvalue weighted by atomic mass is 16.7. The first-order valence-corrected chi connectivity index (χ1v) is 35.9. The lowest BCUT2D eigenvalue weighted by Crippen LogP contribution is -2.65. The van der Waals surface area contributed by atoms with Crippen LogP contribution in [0.4, 0.5) is 0 Å². The number of carbonyl (C=O) groups excluding carboxylic acids is 1. The van der Waals surface area contributed by atoms with Crippen LogP contribution in [-0.4, -0.2) is 140 Å². The molecule has 2 rings (SSSR count). The second-order valence-corrected chi connectivity index (χ2v) is 25.7. The Bertz CT molecular complexity index is 1460. The van der Waals surface area contributed by atoms with E-state index < -0.39 is 86.8 Å². The molecular formula is C70H135NO13. The number of carbonyl (C=O) groups is 1. The minimum atomic E-state index is -1.79. The Kier molecular flexibility index (Phi) is 52.3. The number of aliphatic hydroxyl groups excluding tert-OH is 8. The first-order valence-electron chi connectivity index (χ1n) is 35.9. The van der Waals surface area contributed by atoms with E-state index in [-0.39, 0.29) is 18.9 Å². The normalized spacial score (nSPS) is 23.6. The van der Waals surface area contributed by atoms with E-state index in [1.807, 2.05) is 6.08 Å². The molecule has 2 fully saturated rings. The topological polar surface area (TPSA) is 228 Å². The molecule has 0 aromatic carbocycles. The molecule has 0 bridgehead atoms. The van der Waals surface area contributed by atoms with Crippen molar-refractivity contribution in [2.45, 2.75) is 408 Å². The summed E-state index contributed by atoms with van der Waals surface area (Å²) in [6.07, 6.45) is 51.4. The molecule has 84 heavy (non-hydrogen) atoms. The minimum absolute atomic E-state index is 0.231. The summed E-state index contributed by atoms with van der Waals surface area (Å²) in [4.78, 5) is 13.3. The van der Waals surface area contributed by atoms with Crippen molar-refractivity contribution in [3.05, 3.63) is 12.2 Å². The number of ether oxygens (including phenoxy) is 4. The molecule has 2 aliphatic rings. The SMILES string of the molecule is CCCCCCCCCCCCCCCCCC/C=C/C(O)C(COC1OC(CO)C(OC2OC(CO)C(O)C(O)C2O)C(O)C1O)NC(=O)CCCCCCCCCCCCCCCCCCCCCCCCCCCCCCCCCC. The van der Waals surface area contributed by atoms with Crippen molar-refractivity contribution in [1.29, 1.82) is 0 Å². The van der Waals surface area contributed by atoms with Crippen LogP contribution >= 0.6 is 0 Å². The summed E-state index contributed by atoms with van der Waals surface area (Å²) >= 11 is 0. The van der Waals surface area contributed by atoms with E-state index in [1.54, 1.807) is 6.08 Å². The summed E-state index contributed by atoms with van der Waals surface area (Å²) in [5.41, 5.74) is 0. The summed E-state index contributed by atoms with van der Waals surface area (Å²) in [5, 5.41) is 87.4. The van der Waals surface area contributed by atoms with Gasteiger partial charge in [0.25, 0.3) is 0 Å². The first kappa shape index (κ1) is 78.8. The van der Waals surface area contributed by atoms with Crippen LogP contribution in [-0.2, 0) is 23.7 Å². The molecule has 0 saturated carbocycles. The van der Waals surface area contributed by atoms with Crippen LogP contribution in [0.3, 0.4) is 0 Å². The molecule has 1 amide bonds. The summed E-state index contributed by atoms with van der Waals surface area (Å²) < 4.78 is 22.9. The van der Waals surface area contributed by atoms with Gasteiger partial charge in [-0.25, -0.2) is 0 Å². The molecule has 9 N–H and O–H groups in total. The van der Waals surface area contributed by atoms with Crippen LogP contribution < -0.4 is 5.32 Å². The monoisotopic (exact) mass is 1200 g/mol. The molecule has 2 aliphatic heterocycles. The number of rotatable bonds is 60. The first-order chi connectivity index (χ1) is 41.1. The summed E-state index contributed by atoms with van der Waals surface area (Å²) in [5.74, 6) is -0.231. The van der Waals surface area contributed by atoms with Crippen LogP contribution in [0.2, 0.25) is 0 Å². The van der Waals surface area contributed by atoms with E-state index in [0.29, 0.717) is 0 Å². The van der Waals surface area contributed by atoms with E-state index in [1.165, 1.54) is 270 Å². The van der Waals surface area contributed by atoms with E-state index in [9.17, 15) is 45.6 Å². The van der Waals surface area contributed by atoms with Gasteiger partial charge in [-0.2, -0.15) is 0 Å². The Morgan fingerprint density at radius 2 is 0.738 bits per heavy atom. The van der Waals surface area contributed by atoms with Crippen LogP contribution in [0.5, 0.6) is 0 Å². The predicted octanol–water partition coefficient (Wildman–Crippen LogP) is 14.6. The second-order valence-electron chi connectivity index (χ2n) is 25.7. The molecule has 0 spiro atoms. The van der Waals surface area contributed by atoms with Crippen molar-refractivity contribution >= 4 is 5.91 Å². The molecule has 0 aliphatic carbocycles. The number of hydrogen-bond acceptors (Lipinski definition) is 13. The van der Waals surface area contributed by atoms with Gasteiger partial charge in [0.15, 0.2) is 12.6 Å². The largest absolute Gasteiger partial charge is 0.394 e. The highest BCUT2D eigenvalue weighted by Gasteiger charge is 2.51. The van der Waals surface area contributed by atoms with Crippen molar-refractivity contribution in [3.63, 3.8) is 0 Å². The van der Waals surface area contributed by atoms with Gasteiger partial charge in [0.1, 0.15) is 48.8 Å². The number of aliphatic hydroxyl groups is 8. The van der Waals surface area contributed by atoms with Gasteiger partial charge in [0, 0.05) is 6.42 Å². The average Bonchev–Trinajstić information content (AvgIpc) is 3.36. The molecule has 0 radical (unpaired) electrons. The summed E-state index contributed by atoms with van der Waals surface area (Å²) in [6.45, 7) is 2.86. The van der Waals surface area contributed by atoms with E-state index in [2.05, 4.69) is 19.2 Å². The summed E-state index contributed by atoms with van der Waals surface area (Å²) in [6, 6.07) is -0.911. The zero-order valence-corrected chi connectivity index (χ0v) is 54.2. The fourth-order valence-electron chi connectivity index (χ4n) is 12.2. The maximum absolute atomic E-state index is 13.3. The van der Waals surface area contributed by atoms with Crippen molar-refractivity contribution < 1.29 is 64.6 Å². The van der Waals surface area contributed by atoms with Gasteiger partial charge in [-0.15, -0.1) is 0 Å². The molecule has 12 atom stereocenters. The molecule has 12 unspecified atom stereocenters. The molecular weight excluding hydrogens is 1060 g/mol. The van der Waals surface area contributed by atoms with Crippen LogP contribution in [0.1, 0.15) is 335 Å². The minimum Gasteiger partial charge on any atom is -0.394 e. The Balaban J connectivity index is 1.63. The quantitative estimate of drug-likeness (QED) is 0.0204. The molecule has 0 aromatic rings. The van der Waals surface area contributed by atoms with Crippen molar-refractivity contribution in [2.75, 3.05) is 19.8 Å². The lowest BCUT2D eigenvalue weighted by Gasteiger charge is -2.46. The molecule has 0 aromatic heterocycles. The highest BCUT2D eigenvalue weighted by molar-refractivity contribution is 5.76. The van der Waals surface area contributed by atoms with Crippen molar-refractivity contribution in [1.82, 2.24) is 5.32 Å². The molecule has 498 valence electrons. The standard InChI is InChI=1S/C70H135NO13/c1-3-5-7-9-11-13-15-17-19-21-23-24-25-26-27-28-29-30-31-32-33-34-35-36-38-40-42-44-46-48-50-52-54-62(75)71-58(59(74)53-51-49-47-45-43-41-39-37-22-20-18-16-14-12-10-8-6-4-2)57-81-69-67(80)65(78)68(61(56-73)83-69)84-70-66(79)64(77)63(76)60(55-72)82-70/h51,53,58-61,63-70,72-74,76-80H,3-50,52,54-57H2,1-2H3,(H,71,75)/b53-51+. The third-order valence-corrected chi connectivity index (χ3v) is 18.0. The lowest BCUT2D eigenvalue weighted by atomic mass is 9.97. The Morgan fingerprint density at radius 1 is 0.417 bits per heavy atom. The molecule has 14 nitrogen and oxygen atoms in total. The van der Waals surface area contributed by atoms with Gasteiger partial charge in [-0.1, -0.05) is 321 Å². The van der Waals surface area contributed by atoms with Gasteiger partial charge in [0.05, 0.1) is 32.0 Å². The Morgan fingerprint density at radius 3 is 1.10 bits per heavy atom. The number of hydrogen-bond donors (Lipinski definition) is 9. The third-order valence-electron chi connectivity index (χ3n) is 18.0. The van der Waals surface area contributed by atoms with Gasteiger partial charge in [-0.05, 0) is 19.3 Å². The van der Waals surface area contributed by atoms with Gasteiger partial charge in [0.2, 0.25) is 5.91 Å². The molecule has 14 heteroatoms. The van der Waals surface area contributed by atoms with Gasteiger partial charge in [-0.3, -0.25) is 4.79 Å². The fraction of sp³-hybridized carbons (Fsp3) is 0.957. The number of allylic oxidation sites excluding steroid dienone is 1. The number of nitrogens with one attached hydrogen (secondary N) is 1. The highest BCUT2D eigenvalue weighted by Crippen LogP contribution is 2.30. The van der Waals surface area contributed by atoms with E-state index in [4.69, 9.17) is 18.9 Å². The molecule has 2 heterocycles. The Hall–Kier alpha value is -1.27. The predicted molar refractivity (Wildman–Crippen MR) is 342 cm³/mol. The maximum Gasteiger partial charge on any atom is 0.220 e. The van der Waals surface area contributed by atoms with Crippen LogP contribution in [0.15, 0.2) is 12.2 Å². The Labute approximate surface area is 514 Å². The number of unbranched alkanes of at least 4 members (excludes halogenated alkanes) is 47. The summed E-state index contributed by atoms with van der Waals surface area (Å²) in [7, 11) is 0. The number of amides is 1.